The third kappa shape index (κ3) is 6.10. The maximum absolute atomic E-state index is 12.3. The number of nitrogens with zero attached hydrogens (tertiary/aromatic N) is 1. The Morgan fingerprint density at radius 3 is 2.55 bits per heavy atom. The highest BCUT2D eigenvalue weighted by atomic mass is 32.2. The first-order valence-corrected chi connectivity index (χ1v) is 11.0. The molecular formula is C20H24N2O6S. The molecule has 0 unspecified atom stereocenters. The van der Waals surface area contributed by atoms with E-state index in [4.69, 9.17) is 14.2 Å². The van der Waals surface area contributed by atoms with Gasteiger partial charge in [-0.2, -0.15) is 0 Å². The van der Waals surface area contributed by atoms with Gasteiger partial charge in [0.25, 0.3) is 0 Å². The van der Waals surface area contributed by atoms with Crippen molar-refractivity contribution in [1.29, 1.82) is 0 Å². The van der Waals surface area contributed by atoms with E-state index in [9.17, 15) is 13.2 Å². The SMILES string of the molecule is CS(=O)(=O)N(CC(=O)NCCOCc1ccccc1)c1ccc2c(c1)OCCO2. The van der Waals surface area contributed by atoms with Crippen LogP contribution in [0.1, 0.15) is 5.56 Å². The molecule has 0 saturated carbocycles. The molecule has 156 valence electrons. The summed E-state index contributed by atoms with van der Waals surface area (Å²) >= 11 is 0. The minimum atomic E-state index is -3.67. The van der Waals surface area contributed by atoms with E-state index in [-0.39, 0.29) is 13.1 Å². The monoisotopic (exact) mass is 420 g/mol. The number of carbonyl (C=O) groups excluding carboxylic acids is 1. The lowest BCUT2D eigenvalue weighted by Gasteiger charge is -2.24. The summed E-state index contributed by atoms with van der Waals surface area (Å²) in [6.07, 6.45) is 1.06. The van der Waals surface area contributed by atoms with Crippen molar-refractivity contribution in [3.63, 3.8) is 0 Å². The number of benzene rings is 2. The van der Waals surface area contributed by atoms with Gasteiger partial charge < -0.3 is 19.5 Å². The second-order valence-corrected chi connectivity index (χ2v) is 8.39. The van der Waals surface area contributed by atoms with Crippen LogP contribution in [-0.4, -0.2) is 53.5 Å². The number of hydrogen-bond donors (Lipinski definition) is 1. The summed E-state index contributed by atoms with van der Waals surface area (Å²) in [5.41, 5.74) is 1.38. The van der Waals surface area contributed by atoms with Crippen LogP contribution in [0.5, 0.6) is 11.5 Å². The van der Waals surface area contributed by atoms with Gasteiger partial charge >= 0.3 is 0 Å². The second kappa shape index (κ2) is 9.62. The highest BCUT2D eigenvalue weighted by Crippen LogP contribution is 2.34. The Labute approximate surface area is 170 Å². The van der Waals surface area contributed by atoms with Gasteiger partial charge in [-0.15, -0.1) is 0 Å². The van der Waals surface area contributed by atoms with Crippen molar-refractivity contribution in [1.82, 2.24) is 5.32 Å². The Kier molecular flexibility index (Phi) is 6.95. The van der Waals surface area contributed by atoms with Gasteiger partial charge in [0.15, 0.2) is 11.5 Å². The average Bonchev–Trinajstić information content (AvgIpc) is 2.71. The molecule has 0 aromatic heterocycles. The number of sulfonamides is 1. The van der Waals surface area contributed by atoms with Crippen LogP contribution in [0, 0.1) is 0 Å². The molecule has 0 radical (unpaired) electrons. The molecule has 8 nitrogen and oxygen atoms in total. The molecule has 0 saturated heterocycles. The Hall–Kier alpha value is -2.78. The summed E-state index contributed by atoms with van der Waals surface area (Å²) in [7, 11) is -3.67. The zero-order chi connectivity index (χ0) is 20.7. The van der Waals surface area contributed by atoms with Gasteiger partial charge in [-0.1, -0.05) is 30.3 Å². The van der Waals surface area contributed by atoms with E-state index in [1.165, 1.54) is 0 Å². The van der Waals surface area contributed by atoms with Gasteiger partial charge in [-0.25, -0.2) is 8.42 Å². The molecule has 2 aromatic carbocycles. The summed E-state index contributed by atoms with van der Waals surface area (Å²) in [4.78, 5) is 12.3. The number of rotatable bonds is 9. The molecule has 1 aliphatic rings. The van der Waals surface area contributed by atoms with Gasteiger partial charge in [0, 0.05) is 12.6 Å². The number of ether oxygens (including phenoxy) is 3. The molecule has 1 amide bonds. The lowest BCUT2D eigenvalue weighted by atomic mass is 10.2. The Morgan fingerprint density at radius 2 is 1.83 bits per heavy atom. The summed E-state index contributed by atoms with van der Waals surface area (Å²) in [6.45, 7) is 1.55. The topological polar surface area (TPSA) is 94.2 Å². The Morgan fingerprint density at radius 1 is 1.10 bits per heavy atom. The maximum atomic E-state index is 12.3. The van der Waals surface area contributed by atoms with E-state index in [1.54, 1.807) is 18.2 Å². The van der Waals surface area contributed by atoms with Crippen LogP contribution in [0.4, 0.5) is 5.69 Å². The second-order valence-electron chi connectivity index (χ2n) is 6.49. The quantitative estimate of drug-likeness (QED) is 0.619. The fourth-order valence-corrected chi connectivity index (χ4v) is 3.65. The van der Waals surface area contributed by atoms with E-state index in [0.717, 1.165) is 16.1 Å². The molecule has 0 fully saturated rings. The number of hydrogen-bond acceptors (Lipinski definition) is 6. The normalized spacial score (nSPS) is 13.0. The number of carbonyl (C=O) groups is 1. The lowest BCUT2D eigenvalue weighted by molar-refractivity contribution is -0.119. The molecule has 3 rings (SSSR count). The zero-order valence-electron chi connectivity index (χ0n) is 16.2. The fraction of sp³-hybridized carbons (Fsp3) is 0.350. The van der Waals surface area contributed by atoms with Crippen molar-refractivity contribution in [2.75, 3.05) is 43.5 Å². The zero-order valence-corrected chi connectivity index (χ0v) is 17.0. The van der Waals surface area contributed by atoms with Crippen LogP contribution in [0.2, 0.25) is 0 Å². The van der Waals surface area contributed by atoms with Crippen molar-refractivity contribution < 1.29 is 27.4 Å². The molecule has 0 aliphatic carbocycles. The number of nitrogens with one attached hydrogen (secondary N) is 1. The van der Waals surface area contributed by atoms with Gasteiger partial charge in [-0.3, -0.25) is 9.10 Å². The number of anilines is 1. The standard InChI is InChI=1S/C20H24N2O6S/c1-29(24,25)22(17-7-8-18-19(13-17)28-12-11-27-18)14-20(23)21-9-10-26-15-16-5-3-2-4-6-16/h2-8,13H,9-12,14-15H2,1H3,(H,21,23). The molecule has 0 bridgehead atoms. The van der Waals surface area contributed by atoms with E-state index in [1.807, 2.05) is 30.3 Å². The van der Waals surface area contributed by atoms with Gasteiger partial charge in [0.1, 0.15) is 19.8 Å². The molecule has 0 atom stereocenters. The fourth-order valence-electron chi connectivity index (χ4n) is 2.80. The number of amides is 1. The molecule has 1 N–H and O–H groups in total. The Bertz CT molecular complexity index is 933. The van der Waals surface area contributed by atoms with Crippen LogP contribution < -0.4 is 19.1 Å². The third-order valence-corrected chi connectivity index (χ3v) is 5.32. The van der Waals surface area contributed by atoms with E-state index >= 15 is 0 Å². The maximum Gasteiger partial charge on any atom is 0.240 e. The van der Waals surface area contributed by atoms with Crippen LogP contribution >= 0.6 is 0 Å². The molecule has 0 spiro atoms. The molecule has 1 aliphatic heterocycles. The van der Waals surface area contributed by atoms with Crippen LogP contribution in [0.15, 0.2) is 48.5 Å². The van der Waals surface area contributed by atoms with Crippen molar-refractivity contribution in [3.05, 3.63) is 54.1 Å². The largest absolute Gasteiger partial charge is 0.486 e. The molecule has 2 aromatic rings. The van der Waals surface area contributed by atoms with E-state index < -0.39 is 15.9 Å². The highest BCUT2D eigenvalue weighted by molar-refractivity contribution is 7.92. The predicted molar refractivity (Wildman–Crippen MR) is 109 cm³/mol. The van der Waals surface area contributed by atoms with E-state index in [2.05, 4.69) is 5.32 Å². The van der Waals surface area contributed by atoms with E-state index in [0.29, 0.717) is 43.6 Å². The number of fused-ring (bicyclic) bond motifs is 1. The van der Waals surface area contributed by atoms with Gasteiger partial charge in [0.2, 0.25) is 15.9 Å². The lowest BCUT2D eigenvalue weighted by Crippen LogP contribution is -2.41. The first-order valence-electron chi connectivity index (χ1n) is 9.19. The molecule has 9 heteroatoms. The average molecular weight is 420 g/mol. The molecule has 1 heterocycles. The first-order chi connectivity index (χ1) is 13.9. The minimum absolute atomic E-state index is 0.282. The summed E-state index contributed by atoms with van der Waals surface area (Å²) < 4.78 is 41.9. The third-order valence-electron chi connectivity index (χ3n) is 4.18. The predicted octanol–water partition coefficient (Wildman–Crippen LogP) is 1.56. The van der Waals surface area contributed by atoms with Crippen molar-refractivity contribution in [2.45, 2.75) is 6.61 Å². The summed E-state index contributed by atoms with van der Waals surface area (Å²) in [5, 5.41) is 2.68. The van der Waals surface area contributed by atoms with Crippen molar-refractivity contribution >= 4 is 21.6 Å². The van der Waals surface area contributed by atoms with Crippen molar-refractivity contribution in [2.24, 2.45) is 0 Å². The smallest absolute Gasteiger partial charge is 0.240 e. The van der Waals surface area contributed by atoms with Crippen LogP contribution in [0.3, 0.4) is 0 Å². The van der Waals surface area contributed by atoms with Gasteiger partial charge in [0.05, 0.1) is 25.2 Å². The van der Waals surface area contributed by atoms with Crippen LogP contribution in [0.25, 0.3) is 0 Å². The van der Waals surface area contributed by atoms with Crippen LogP contribution in [-0.2, 0) is 26.2 Å². The van der Waals surface area contributed by atoms with Crippen molar-refractivity contribution in [3.8, 4) is 11.5 Å². The minimum Gasteiger partial charge on any atom is -0.486 e. The highest BCUT2D eigenvalue weighted by Gasteiger charge is 2.23. The summed E-state index contributed by atoms with van der Waals surface area (Å²) in [5.74, 6) is 0.583. The van der Waals surface area contributed by atoms with Gasteiger partial charge in [-0.05, 0) is 17.7 Å². The first kappa shape index (κ1) is 20.9. The Balaban J connectivity index is 1.53. The summed E-state index contributed by atoms with van der Waals surface area (Å²) in [6, 6.07) is 14.5. The molecular weight excluding hydrogens is 396 g/mol. The molecule has 29 heavy (non-hydrogen) atoms.